The van der Waals surface area contributed by atoms with Crippen molar-refractivity contribution >= 4 is 80.5 Å². The van der Waals surface area contributed by atoms with Crippen LogP contribution in [0.5, 0.6) is 0 Å². The van der Waals surface area contributed by atoms with E-state index in [1.165, 1.54) is 40.7 Å². The SMILES string of the molecule is COC(=O)CNC(=O)CNC(=O)Cn1nc(C(C)C)c2c(-c3cc4c(cnn4C(=O)CCC(=O)NCCCCCCCC(=O)N4CCC(c5ccc(Nc6nc(N7CCCCC7)cnc6C(N)=O)cc5)CC4)cc3F)cccc21. The lowest BCUT2D eigenvalue weighted by Crippen LogP contribution is -2.40. The molecule has 2 saturated heterocycles. The zero-order valence-corrected chi connectivity index (χ0v) is 45.2. The lowest BCUT2D eigenvalue weighted by molar-refractivity contribution is -0.141. The van der Waals surface area contributed by atoms with Gasteiger partial charge in [-0.05, 0) is 98.2 Å². The molecular weight excluding hydrogens is 1010 g/mol. The zero-order chi connectivity index (χ0) is 56.0. The molecule has 6 N–H and O–H groups in total. The smallest absolute Gasteiger partial charge is 0.325 e. The Hall–Kier alpha value is -8.30. The maximum absolute atomic E-state index is 16.0. The van der Waals surface area contributed by atoms with Crippen LogP contribution >= 0.6 is 0 Å². The molecule has 418 valence electrons. The summed E-state index contributed by atoms with van der Waals surface area (Å²) in [6.45, 7) is 6.60. The number of anilines is 3. The molecule has 2 fully saturated rings. The average molecular weight is 1080 g/mol. The highest BCUT2D eigenvalue weighted by atomic mass is 19.1. The number of esters is 1. The van der Waals surface area contributed by atoms with Crippen molar-refractivity contribution in [3.05, 3.63) is 89.8 Å². The van der Waals surface area contributed by atoms with Crippen molar-refractivity contribution < 1.29 is 42.7 Å². The summed E-state index contributed by atoms with van der Waals surface area (Å²) in [5, 5.41) is 21.0. The van der Waals surface area contributed by atoms with Crippen LogP contribution in [0.2, 0.25) is 0 Å². The van der Waals surface area contributed by atoms with Crippen LogP contribution in [0, 0.1) is 5.82 Å². The molecule has 2 aliphatic rings. The fourth-order valence-electron chi connectivity index (χ4n) is 10.2. The predicted molar refractivity (Wildman–Crippen MR) is 296 cm³/mol. The van der Waals surface area contributed by atoms with Gasteiger partial charge in [-0.2, -0.15) is 10.2 Å². The highest BCUT2D eigenvalue weighted by Crippen LogP contribution is 2.38. The summed E-state index contributed by atoms with van der Waals surface area (Å²) in [7, 11) is 1.20. The number of likely N-dealkylation sites (tertiary alicyclic amines) is 1. The summed E-state index contributed by atoms with van der Waals surface area (Å²) in [5.41, 5.74) is 9.94. The number of methoxy groups -OCH3 is 1. The number of hydrogen-bond acceptors (Lipinski definition) is 14. The average Bonchev–Trinajstić information content (AvgIpc) is 4.08. The summed E-state index contributed by atoms with van der Waals surface area (Å²) < 4.78 is 23.2. The highest BCUT2D eigenvalue weighted by Gasteiger charge is 2.26. The molecule has 8 rings (SSSR count). The van der Waals surface area contributed by atoms with Gasteiger partial charge in [0.15, 0.2) is 11.5 Å². The van der Waals surface area contributed by atoms with Gasteiger partial charge in [0.2, 0.25) is 29.5 Å². The zero-order valence-electron chi connectivity index (χ0n) is 45.2. The van der Waals surface area contributed by atoms with E-state index in [4.69, 9.17) is 15.8 Å². The third-order valence-electron chi connectivity index (χ3n) is 14.6. The van der Waals surface area contributed by atoms with Crippen molar-refractivity contribution in [3.63, 3.8) is 0 Å². The van der Waals surface area contributed by atoms with E-state index >= 15 is 4.39 Å². The van der Waals surface area contributed by atoms with Crippen LogP contribution in [-0.2, 0) is 35.3 Å². The molecule has 3 aromatic heterocycles. The summed E-state index contributed by atoms with van der Waals surface area (Å²) in [6, 6.07) is 16.2. The Morgan fingerprint density at radius 2 is 1.49 bits per heavy atom. The number of carbonyl (C=O) groups excluding carboxylic acids is 7. The number of fused-ring (bicyclic) bond motifs is 2. The van der Waals surface area contributed by atoms with Crippen molar-refractivity contribution in [2.45, 2.75) is 116 Å². The van der Waals surface area contributed by atoms with Gasteiger partial charge in [-0.25, -0.2) is 19.0 Å². The molecule has 0 aliphatic carbocycles. The first-order valence-corrected chi connectivity index (χ1v) is 27.3. The number of benzene rings is 3. The summed E-state index contributed by atoms with van der Waals surface area (Å²) >= 11 is 0. The molecule has 0 saturated carbocycles. The highest BCUT2D eigenvalue weighted by molar-refractivity contribution is 6.01. The number of nitrogens with one attached hydrogen (secondary N) is 4. The maximum atomic E-state index is 16.0. The summed E-state index contributed by atoms with van der Waals surface area (Å²) in [5.74, 6) is -2.14. The monoisotopic (exact) mass is 1080 g/mol. The number of carbonyl (C=O) groups is 7. The molecule has 5 amide bonds. The lowest BCUT2D eigenvalue weighted by Gasteiger charge is -2.32. The second-order valence-electron chi connectivity index (χ2n) is 20.5. The fraction of sp³-hybridized carbons (Fsp3) is 0.456. The van der Waals surface area contributed by atoms with Crippen LogP contribution in [-0.4, -0.2) is 129 Å². The minimum absolute atomic E-state index is 0.0513. The third-order valence-corrected chi connectivity index (χ3v) is 14.6. The Morgan fingerprint density at radius 1 is 0.759 bits per heavy atom. The van der Waals surface area contributed by atoms with Crippen LogP contribution in [0.3, 0.4) is 0 Å². The van der Waals surface area contributed by atoms with E-state index in [0.29, 0.717) is 70.9 Å². The molecule has 79 heavy (non-hydrogen) atoms. The third kappa shape index (κ3) is 14.6. The largest absolute Gasteiger partial charge is 0.468 e. The molecule has 0 spiro atoms. The standard InChI is InChI=1S/C57H70FN13O8/c1-36(2)54-53-41(13-12-14-44(53)70(67-54)35-49(74)61-33-48(73)62-34-52(77)79-3)42-30-45-39(29-43(42)58)31-64-71(45)51(76)21-20-47(72)60-24-9-6-4-5-8-15-50(75)69-27-22-38(23-28-69)37-16-18-40(19-17-37)65-57-55(56(59)78)63-32-46(66-57)68-25-10-7-11-26-68/h12-14,16-19,29-32,36,38H,4-11,15,20-28,33-35H2,1-3H3,(H2,59,78)(H,60,72)(H,61,74)(H,62,73)(H,65,66). The Kier molecular flexibility index (Phi) is 19.3. The first kappa shape index (κ1) is 56.9. The van der Waals surface area contributed by atoms with Crippen LogP contribution < -0.4 is 31.9 Å². The van der Waals surface area contributed by atoms with Crippen molar-refractivity contribution in [2.24, 2.45) is 5.73 Å². The van der Waals surface area contributed by atoms with E-state index < -0.39 is 35.4 Å². The van der Waals surface area contributed by atoms with Crippen LogP contribution in [0.1, 0.15) is 136 Å². The normalized spacial score (nSPS) is 13.9. The predicted octanol–water partition coefficient (Wildman–Crippen LogP) is 6.63. The summed E-state index contributed by atoms with van der Waals surface area (Å²) in [4.78, 5) is 101. The first-order valence-electron chi connectivity index (χ1n) is 27.3. The van der Waals surface area contributed by atoms with E-state index in [1.807, 2.05) is 30.9 Å². The second kappa shape index (κ2) is 26.8. The minimum Gasteiger partial charge on any atom is -0.468 e. The maximum Gasteiger partial charge on any atom is 0.325 e. The molecule has 2 aliphatic heterocycles. The number of piperidine rings is 2. The van der Waals surface area contributed by atoms with E-state index in [2.05, 4.69) is 53.1 Å². The van der Waals surface area contributed by atoms with Gasteiger partial charge in [-0.1, -0.05) is 57.4 Å². The van der Waals surface area contributed by atoms with Crippen molar-refractivity contribution in [1.29, 1.82) is 0 Å². The Bertz CT molecular complexity index is 3180. The number of unbranched alkanes of at least 4 members (excludes halogenated alkanes) is 4. The van der Waals surface area contributed by atoms with Gasteiger partial charge in [0, 0.05) is 74.0 Å². The Labute approximate surface area is 457 Å². The van der Waals surface area contributed by atoms with Gasteiger partial charge in [0.05, 0.1) is 42.8 Å². The van der Waals surface area contributed by atoms with Crippen molar-refractivity contribution in [2.75, 3.05) is 63.1 Å². The Balaban J connectivity index is 0.735. The fourth-order valence-corrected chi connectivity index (χ4v) is 10.2. The van der Waals surface area contributed by atoms with Crippen molar-refractivity contribution in [3.8, 4) is 11.1 Å². The van der Waals surface area contributed by atoms with Gasteiger partial charge in [0.25, 0.3) is 5.91 Å². The van der Waals surface area contributed by atoms with E-state index in [9.17, 15) is 33.6 Å². The Morgan fingerprint density at radius 3 is 2.23 bits per heavy atom. The summed E-state index contributed by atoms with van der Waals surface area (Å²) in [6.07, 6.45) is 12.8. The molecular formula is C57H70FN13O8. The molecule has 3 aromatic carbocycles. The number of primary amides is 1. The number of ether oxygens (including phenoxy) is 1. The minimum atomic E-state index is -0.642. The molecule has 6 aromatic rings. The number of hydrogen-bond donors (Lipinski definition) is 5. The molecule has 5 heterocycles. The van der Waals surface area contributed by atoms with E-state index in [1.54, 1.807) is 30.5 Å². The number of nitrogens with two attached hydrogens (primary N) is 1. The van der Waals surface area contributed by atoms with Crippen LogP contribution in [0.25, 0.3) is 32.9 Å². The molecule has 0 bridgehead atoms. The molecule has 22 heteroatoms. The topological polar surface area (TPSA) is 271 Å². The van der Waals surface area contributed by atoms with E-state index in [-0.39, 0.29) is 61.5 Å². The van der Waals surface area contributed by atoms with E-state index in [0.717, 1.165) is 82.4 Å². The number of nitrogens with zero attached hydrogens (tertiary/aromatic N) is 8. The van der Waals surface area contributed by atoms with Crippen LogP contribution in [0.15, 0.2) is 67.0 Å². The van der Waals surface area contributed by atoms with Crippen molar-refractivity contribution in [1.82, 2.24) is 50.4 Å². The molecule has 0 radical (unpaired) electrons. The number of aromatic nitrogens is 6. The first-order chi connectivity index (χ1) is 38.2. The second-order valence-corrected chi connectivity index (χ2v) is 20.5. The van der Waals surface area contributed by atoms with Gasteiger partial charge in [-0.15, -0.1) is 0 Å². The molecule has 21 nitrogen and oxygen atoms in total. The van der Waals surface area contributed by atoms with Gasteiger partial charge in [0.1, 0.15) is 24.7 Å². The van der Waals surface area contributed by atoms with Crippen LogP contribution in [0.4, 0.5) is 21.7 Å². The number of halogens is 1. The molecule has 0 unspecified atom stereocenters. The van der Waals surface area contributed by atoms with Gasteiger partial charge >= 0.3 is 5.97 Å². The lowest BCUT2D eigenvalue weighted by atomic mass is 9.89. The molecule has 0 atom stereocenters. The quantitative estimate of drug-likeness (QED) is 0.0315. The van der Waals surface area contributed by atoms with Gasteiger partial charge in [-0.3, -0.25) is 38.2 Å². The number of amides is 5. The van der Waals surface area contributed by atoms with Gasteiger partial charge < -0.3 is 41.5 Å². The number of rotatable bonds is 24.